The van der Waals surface area contributed by atoms with Gasteiger partial charge in [-0.15, -0.1) is 0 Å². The number of nitrogens with one attached hydrogen (secondary N) is 2. The van der Waals surface area contributed by atoms with Gasteiger partial charge >= 0.3 is 0 Å². The first-order valence-electron chi connectivity index (χ1n) is 6.86. The third kappa shape index (κ3) is 3.60. The molecule has 0 aliphatic rings. The third-order valence-corrected chi connectivity index (χ3v) is 3.17. The Balaban J connectivity index is 1.97. The van der Waals surface area contributed by atoms with Crippen LogP contribution in [0.2, 0.25) is 0 Å². The second-order valence-electron chi connectivity index (χ2n) is 4.46. The number of hydrogen-bond donors (Lipinski definition) is 2. The zero-order valence-electron chi connectivity index (χ0n) is 11.8. The van der Waals surface area contributed by atoms with Crippen LogP contribution in [-0.4, -0.2) is 21.5 Å². The van der Waals surface area contributed by atoms with Gasteiger partial charge in [0, 0.05) is 6.42 Å². The van der Waals surface area contributed by atoms with E-state index in [1.54, 1.807) is 0 Å². The molecule has 0 saturated heterocycles. The minimum atomic E-state index is 0.588. The van der Waals surface area contributed by atoms with Crippen LogP contribution in [0.1, 0.15) is 31.7 Å². The first-order chi connectivity index (χ1) is 9.74. The van der Waals surface area contributed by atoms with Crippen LogP contribution in [0.4, 0.5) is 0 Å². The largest absolute Gasteiger partial charge is 0.494 e. The van der Waals surface area contributed by atoms with Crippen molar-refractivity contribution in [2.75, 3.05) is 12.0 Å². The van der Waals surface area contributed by atoms with Crippen LogP contribution in [0.15, 0.2) is 24.3 Å². The van der Waals surface area contributed by atoms with E-state index in [9.17, 15) is 0 Å². The first-order valence-corrected chi connectivity index (χ1v) is 7.27. The Bertz CT molecular complexity index is 588. The summed E-state index contributed by atoms with van der Waals surface area (Å²) in [4.78, 5) is 0. The van der Waals surface area contributed by atoms with Crippen molar-refractivity contribution in [3.05, 3.63) is 40.4 Å². The van der Waals surface area contributed by atoms with Gasteiger partial charge in [0.05, 0.1) is 13.2 Å². The molecule has 1 aromatic carbocycles. The summed E-state index contributed by atoms with van der Waals surface area (Å²) < 4.78 is 7.96. The van der Waals surface area contributed by atoms with Crippen LogP contribution in [0.3, 0.4) is 0 Å². The summed E-state index contributed by atoms with van der Waals surface area (Å²) in [6.07, 6.45) is 1.84. The smallest absolute Gasteiger partial charge is 0.214 e. The second kappa shape index (κ2) is 7.09. The van der Waals surface area contributed by atoms with E-state index in [1.807, 2.05) is 35.9 Å². The molecular formula is C14H20N4OS. The quantitative estimate of drug-likeness (QED) is 0.770. The second-order valence-corrected chi connectivity index (χ2v) is 4.85. The van der Waals surface area contributed by atoms with Gasteiger partial charge in [-0.05, 0) is 36.3 Å². The molecule has 6 heteroatoms. The van der Waals surface area contributed by atoms with Crippen molar-refractivity contribution in [2.24, 2.45) is 0 Å². The van der Waals surface area contributed by atoms with E-state index < -0.39 is 0 Å². The van der Waals surface area contributed by atoms with Crippen LogP contribution < -0.4 is 10.2 Å². The van der Waals surface area contributed by atoms with Gasteiger partial charge in [0.15, 0.2) is 5.82 Å². The number of H-pyrrole nitrogens is 1. The molecule has 1 aromatic heterocycles. The minimum Gasteiger partial charge on any atom is -0.494 e. The fourth-order valence-corrected chi connectivity index (χ4v) is 2.04. The third-order valence-electron chi connectivity index (χ3n) is 2.90. The topological polar surface area (TPSA) is 54.9 Å². The zero-order valence-corrected chi connectivity index (χ0v) is 12.7. The summed E-state index contributed by atoms with van der Waals surface area (Å²) in [6, 6.07) is 8.07. The summed E-state index contributed by atoms with van der Waals surface area (Å²) in [6.45, 7) is 5.58. The predicted octanol–water partition coefficient (Wildman–Crippen LogP) is 3.04. The maximum atomic E-state index is 5.56. The van der Waals surface area contributed by atoms with Crippen LogP contribution in [-0.2, 0) is 13.0 Å². The Labute approximate surface area is 123 Å². The van der Waals surface area contributed by atoms with Crippen LogP contribution in [0, 0.1) is 4.77 Å². The molecule has 0 spiro atoms. The van der Waals surface area contributed by atoms with E-state index in [1.165, 1.54) is 5.56 Å². The fourth-order valence-electron chi connectivity index (χ4n) is 1.82. The molecule has 108 valence electrons. The summed E-state index contributed by atoms with van der Waals surface area (Å²) in [7, 11) is 0. The van der Waals surface area contributed by atoms with Crippen molar-refractivity contribution >= 4 is 12.2 Å². The summed E-state index contributed by atoms with van der Waals surface area (Å²) in [5.41, 5.74) is 4.44. The molecule has 1 heterocycles. The number of rotatable bonds is 7. The van der Waals surface area contributed by atoms with Crippen LogP contribution >= 0.6 is 12.2 Å². The van der Waals surface area contributed by atoms with Gasteiger partial charge in [0.2, 0.25) is 4.77 Å². The predicted molar refractivity (Wildman–Crippen MR) is 82.1 cm³/mol. The average molecular weight is 292 g/mol. The zero-order chi connectivity index (χ0) is 14.4. The van der Waals surface area contributed by atoms with Crippen molar-refractivity contribution in [3.63, 3.8) is 0 Å². The maximum absolute atomic E-state index is 5.56. The van der Waals surface area contributed by atoms with Gasteiger partial charge < -0.3 is 10.2 Å². The van der Waals surface area contributed by atoms with Gasteiger partial charge in [-0.3, -0.25) is 5.10 Å². The molecule has 0 atom stereocenters. The lowest BCUT2D eigenvalue weighted by Gasteiger charge is -2.10. The Morgan fingerprint density at radius 1 is 1.30 bits per heavy atom. The molecule has 2 aromatic rings. The number of benzene rings is 1. The highest BCUT2D eigenvalue weighted by atomic mass is 32.1. The van der Waals surface area contributed by atoms with Crippen molar-refractivity contribution in [1.82, 2.24) is 14.9 Å². The molecule has 0 saturated carbocycles. The first kappa shape index (κ1) is 14.6. The molecule has 0 amide bonds. The normalized spacial score (nSPS) is 10.5. The van der Waals surface area contributed by atoms with Crippen molar-refractivity contribution in [1.29, 1.82) is 0 Å². The Morgan fingerprint density at radius 3 is 2.70 bits per heavy atom. The maximum Gasteiger partial charge on any atom is 0.214 e. The van der Waals surface area contributed by atoms with E-state index >= 15 is 0 Å². The summed E-state index contributed by atoms with van der Waals surface area (Å²) in [5.74, 6) is 1.81. The molecule has 2 rings (SSSR count). The number of hydrogen-bond acceptors (Lipinski definition) is 4. The summed E-state index contributed by atoms with van der Waals surface area (Å²) >= 11 is 5.19. The molecule has 20 heavy (non-hydrogen) atoms. The molecule has 0 aliphatic carbocycles. The molecule has 0 radical (unpaired) electrons. The van der Waals surface area contributed by atoms with E-state index in [-0.39, 0.29) is 0 Å². The highest BCUT2D eigenvalue weighted by molar-refractivity contribution is 7.71. The van der Waals surface area contributed by atoms with E-state index in [4.69, 9.17) is 17.0 Å². The van der Waals surface area contributed by atoms with Gasteiger partial charge in [-0.25, -0.2) is 4.68 Å². The molecule has 0 aliphatic heterocycles. The molecule has 0 fully saturated rings. The molecule has 0 bridgehead atoms. The minimum absolute atomic E-state index is 0.588. The van der Waals surface area contributed by atoms with Gasteiger partial charge in [-0.1, -0.05) is 26.0 Å². The number of nitrogens with zero attached hydrogens (tertiary/aromatic N) is 2. The summed E-state index contributed by atoms with van der Waals surface area (Å²) in [5, 5.41) is 6.95. The van der Waals surface area contributed by atoms with Gasteiger partial charge in [0.25, 0.3) is 0 Å². The molecular weight excluding hydrogens is 272 g/mol. The van der Waals surface area contributed by atoms with E-state index in [0.717, 1.165) is 31.0 Å². The van der Waals surface area contributed by atoms with Crippen molar-refractivity contribution in [2.45, 2.75) is 33.2 Å². The van der Waals surface area contributed by atoms with E-state index in [0.29, 0.717) is 11.3 Å². The van der Waals surface area contributed by atoms with Crippen molar-refractivity contribution in [3.8, 4) is 5.75 Å². The SMILES string of the molecule is CCCOc1ccc(CNn2c(CC)n[nH]c2=S)cc1. The Hall–Kier alpha value is -1.82. The lowest BCUT2D eigenvalue weighted by molar-refractivity contribution is 0.317. The van der Waals surface area contributed by atoms with Crippen LogP contribution in [0.25, 0.3) is 0 Å². The van der Waals surface area contributed by atoms with Crippen molar-refractivity contribution < 1.29 is 4.74 Å². The standard InChI is InChI=1S/C14H20N4OS/c1-3-9-19-12-7-5-11(6-8-12)10-15-18-13(4-2)16-17-14(18)20/h5-8,15H,3-4,9-10H2,1-2H3,(H,17,20). The Kier molecular flexibility index (Phi) is 5.17. The van der Waals surface area contributed by atoms with E-state index in [2.05, 4.69) is 22.5 Å². The van der Waals surface area contributed by atoms with Gasteiger partial charge in [0.1, 0.15) is 5.75 Å². The lowest BCUT2D eigenvalue weighted by Crippen LogP contribution is -2.17. The van der Waals surface area contributed by atoms with Gasteiger partial charge in [-0.2, -0.15) is 5.10 Å². The molecule has 0 unspecified atom stereocenters. The van der Waals surface area contributed by atoms with Crippen LogP contribution in [0.5, 0.6) is 5.75 Å². The number of aryl methyl sites for hydroxylation is 1. The Morgan fingerprint density at radius 2 is 2.05 bits per heavy atom. The average Bonchev–Trinajstić information content (AvgIpc) is 2.84. The molecule has 5 nitrogen and oxygen atoms in total. The number of aromatic amines is 1. The number of ether oxygens (including phenoxy) is 1. The number of aromatic nitrogens is 3. The fraction of sp³-hybridized carbons (Fsp3) is 0.429. The molecule has 2 N–H and O–H groups in total. The monoisotopic (exact) mass is 292 g/mol. The lowest BCUT2D eigenvalue weighted by atomic mass is 10.2. The highest BCUT2D eigenvalue weighted by Crippen LogP contribution is 2.12. The highest BCUT2D eigenvalue weighted by Gasteiger charge is 2.03.